The summed E-state index contributed by atoms with van der Waals surface area (Å²) in [6.45, 7) is 0. The van der Waals surface area contributed by atoms with E-state index in [2.05, 4.69) is 0 Å². The number of Topliss-reactive ketones (excluding diaryl/α,β-unsaturated/α-hetero) is 1. The van der Waals surface area contributed by atoms with Crippen LogP contribution in [0.1, 0.15) is 17.2 Å². The molecule has 1 fully saturated rings. The smallest absolute Gasteiger partial charge is 0.300 e. The fourth-order valence-electron chi connectivity index (χ4n) is 3.71. The molecule has 1 saturated heterocycles. The van der Waals surface area contributed by atoms with Gasteiger partial charge >= 0.3 is 0 Å². The van der Waals surface area contributed by atoms with Gasteiger partial charge in [-0.1, -0.05) is 12.1 Å². The van der Waals surface area contributed by atoms with E-state index in [1.165, 1.54) is 43.4 Å². The van der Waals surface area contributed by atoms with Gasteiger partial charge in [0, 0.05) is 11.3 Å². The van der Waals surface area contributed by atoms with Crippen LogP contribution >= 0.6 is 0 Å². The van der Waals surface area contributed by atoms with E-state index in [1.54, 1.807) is 48.5 Å². The summed E-state index contributed by atoms with van der Waals surface area (Å²) in [6.07, 6.45) is 0. The molecular formula is C25H20FNO5. The maximum absolute atomic E-state index is 13.5. The number of amides is 1. The molecule has 0 aliphatic carbocycles. The summed E-state index contributed by atoms with van der Waals surface area (Å²) in [4.78, 5) is 27.4. The van der Waals surface area contributed by atoms with E-state index < -0.39 is 23.5 Å². The van der Waals surface area contributed by atoms with Crippen LogP contribution in [0.5, 0.6) is 11.5 Å². The van der Waals surface area contributed by atoms with Gasteiger partial charge < -0.3 is 14.6 Å². The molecule has 6 nitrogen and oxygen atoms in total. The third kappa shape index (κ3) is 3.69. The van der Waals surface area contributed by atoms with Crippen LogP contribution in [-0.2, 0) is 9.59 Å². The van der Waals surface area contributed by atoms with Gasteiger partial charge in [-0.25, -0.2) is 4.39 Å². The molecule has 162 valence electrons. The van der Waals surface area contributed by atoms with Gasteiger partial charge in [0.1, 0.15) is 23.1 Å². The molecule has 1 aliphatic heterocycles. The molecule has 0 saturated carbocycles. The van der Waals surface area contributed by atoms with Gasteiger partial charge in [-0.15, -0.1) is 0 Å². The molecular weight excluding hydrogens is 413 g/mol. The number of aliphatic hydroxyl groups is 1. The van der Waals surface area contributed by atoms with Crippen LogP contribution in [0.2, 0.25) is 0 Å². The Morgan fingerprint density at radius 1 is 0.844 bits per heavy atom. The third-order valence-corrected chi connectivity index (χ3v) is 5.34. The Bertz CT molecular complexity index is 1180. The van der Waals surface area contributed by atoms with Crippen molar-refractivity contribution in [2.75, 3.05) is 19.1 Å². The Labute approximate surface area is 184 Å². The van der Waals surface area contributed by atoms with Gasteiger partial charge in [-0.3, -0.25) is 14.5 Å². The lowest BCUT2D eigenvalue weighted by Crippen LogP contribution is -2.29. The second-order valence-electron chi connectivity index (χ2n) is 7.15. The molecule has 0 aromatic heterocycles. The summed E-state index contributed by atoms with van der Waals surface area (Å²) in [5.41, 5.74) is 1.23. The molecule has 3 aromatic carbocycles. The predicted molar refractivity (Wildman–Crippen MR) is 117 cm³/mol. The molecule has 0 spiro atoms. The van der Waals surface area contributed by atoms with Crippen molar-refractivity contribution in [2.24, 2.45) is 0 Å². The lowest BCUT2D eigenvalue weighted by molar-refractivity contribution is -0.132. The average molecular weight is 433 g/mol. The first kappa shape index (κ1) is 21.1. The number of hydrogen-bond acceptors (Lipinski definition) is 5. The van der Waals surface area contributed by atoms with Crippen LogP contribution in [0.15, 0.2) is 78.4 Å². The van der Waals surface area contributed by atoms with E-state index in [9.17, 15) is 19.1 Å². The van der Waals surface area contributed by atoms with Gasteiger partial charge in [0.05, 0.1) is 25.8 Å². The van der Waals surface area contributed by atoms with Gasteiger partial charge in [0.2, 0.25) is 0 Å². The molecule has 3 aromatic rings. The fourth-order valence-corrected chi connectivity index (χ4v) is 3.71. The SMILES string of the molecule is COc1ccc(/C(O)=C2\C(=O)C(=O)N(c3ccc(F)cc3)C2c2ccc(OC)cc2)cc1. The van der Waals surface area contributed by atoms with Gasteiger partial charge in [0.15, 0.2) is 0 Å². The number of aliphatic hydroxyl groups excluding tert-OH is 1. The number of rotatable bonds is 5. The van der Waals surface area contributed by atoms with Crippen molar-refractivity contribution in [3.8, 4) is 11.5 Å². The van der Waals surface area contributed by atoms with Crippen molar-refractivity contribution in [3.05, 3.63) is 95.3 Å². The number of carbonyl (C=O) groups is 2. The molecule has 32 heavy (non-hydrogen) atoms. The van der Waals surface area contributed by atoms with Gasteiger partial charge in [-0.2, -0.15) is 0 Å². The van der Waals surface area contributed by atoms with Crippen molar-refractivity contribution in [2.45, 2.75) is 6.04 Å². The monoisotopic (exact) mass is 433 g/mol. The largest absolute Gasteiger partial charge is 0.507 e. The number of halogens is 1. The molecule has 1 N–H and O–H groups in total. The van der Waals surface area contributed by atoms with Crippen LogP contribution in [0.4, 0.5) is 10.1 Å². The van der Waals surface area contributed by atoms with Crippen LogP contribution in [0, 0.1) is 5.82 Å². The first-order valence-electron chi connectivity index (χ1n) is 9.79. The van der Waals surface area contributed by atoms with Crippen LogP contribution in [-0.4, -0.2) is 31.0 Å². The Hall–Kier alpha value is -4.13. The zero-order chi connectivity index (χ0) is 22.8. The lowest BCUT2D eigenvalue weighted by atomic mass is 9.95. The summed E-state index contributed by atoms with van der Waals surface area (Å²) >= 11 is 0. The highest BCUT2D eigenvalue weighted by Crippen LogP contribution is 2.42. The van der Waals surface area contributed by atoms with Crippen molar-refractivity contribution >= 4 is 23.1 Å². The number of ketones is 1. The Balaban J connectivity index is 1.90. The maximum atomic E-state index is 13.5. The molecule has 7 heteroatoms. The van der Waals surface area contributed by atoms with E-state index in [0.717, 1.165) is 0 Å². The number of anilines is 1. The minimum Gasteiger partial charge on any atom is -0.507 e. The van der Waals surface area contributed by atoms with Crippen LogP contribution in [0.25, 0.3) is 5.76 Å². The topological polar surface area (TPSA) is 76.1 Å². The van der Waals surface area contributed by atoms with E-state index in [-0.39, 0.29) is 11.3 Å². The Morgan fingerprint density at radius 3 is 1.91 bits per heavy atom. The zero-order valence-electron chi connectivity index (χ0n) is 17.4. The first-order chi connectivity index (χ1) is 15.4. The second kappa shape index (κ2) is 8.55. The normalized spacial score (nSPS) is 17.5. The van der Waals surface area contributed by atoms with Crippen molar-refractivity contribution in [3.63, 3.8) is 0 Å². The molecule has 4 rings (SSSR count). The summed E-state index contributed by atoms with van der Waals surface area (Å²) in [6, 6.07) is 17.7. The minimum absolute atomic E-state index is 0.0605. The van der Waals surface area contributed by atoms with E-state index in [0.29, 0.717) is 28.3 Å². The lowest BCUT2D eigenvalue weighted by Gasteiger charge is -2.25. The van der Waals surface area contributed by atoms with E-state index in [4.69, 9.17) is 9.47 Å². The van der Waals surface area contributed by atoms with Gasteiger partial charge in [0.25, 0.3) is 11.7 Å². The summed E-state index contributed by atoms with van der Waals surface area (Å²) < 4.78 is 23.8. The minimum atomic E-state index is -0.909. The van der Waals surface area contributed by atoms with Crippen LogP contribution in [0.3, 0.4) is 0 Å². The number of ether oxygens (including phenoxy) is 2. The number of benzene rings is 3. The molecule has 0 radical (unpaired) electrons. The fraction of sp³-hybridized carbons (Fsp3) is 0.120. The van der Waals surface area contributed by atoms with E-state index >= 15 is 0 Å². The molecule has 1 atom stereocenters. The van der Waals surface area contributed by atoms with Crippen molar-refractivity contribution in [1.82, 2.24) is 0 Å². The Kier molecular flexibility index (Phi) is 5.64. The molecule has 1 unspecified atom stereocenters. The average Bonchev–Trinajstić information content (AvgIpc) is 3.09. The highest BCUT2D eigenvalue weighted by Gasteiger charge is 2.46. The van der Waals surface area contributed by atoms with Gasteiger partial charge in [-0.05, 0) is 66.2 Å². The zero-order valence-corrected chi connectivity index (χ0v) is 17.4. The standard InChI is InChI=1S/C25H20FNO5/c1-31-19-11-3-15(4-12-19)22-21(23(28)16-5-13-20(32-2)14-6-16)24(29)25(30)27(22)18-9-7-17(26)8-10-18/h3-14,22,28H,1-2H3/b23-21+. The number of hydrogen-bond donors (Lipinski definition) is 1. The summed E-state index contributed by atoms with van der Waals surface area (Å²) in [7, 11) is 3.05. The van der Waals surface area contributed by atoms with E-state index in [1.807, 2.05) is 0 Å². The third-order valence-electron chi connectivity index (χ3n) is 5.34. The maximum Gasteiger partial charge on any atom is 0.300 e. The number of nitrogens with zero attached hydrogens (tertiary/aromatic N) is 1. The number of carbonyl (C=O) groups excluding carboxylic acids is 2. The summed E-state index contributed by atoms with van der Waals surface area (Å²) in [5.74, 6) is -1.24. The second-order valence-corrected chi connectivity index (χ2v) is 7.15. The highest BCUT2D eigenvalue weighted by molar-refractivity contribution is 6.51. The van der Waals surface area contributed by atoms with Crippen molar-refractivity contribution < 1.29 is 28.6 Å². The summed E-state index contributed by atoms with van der Waals surface area (Å²) in [5, 5.41) is 11.1. The van der Waals surface area contributed by atoms with Crippen LogP contribution < -0.4 is 14.4 Å². The quantitative estimate of drug-likeness (QED) is 0.365. The molecule has 0 bridgehead atoms. The Morgan fingerprint density at radius 2 is 1.38 bits per heavy atom. The van der Waals surface area contributed by atoms with Crippen molar-refractivity contribution in [1.29, 1.82) is 0 Å². The highest BCUT2D eigenvalue weighted by atomic mass is 19.1. The predicted octanol–water partition coefficient (Wildman–Crippen LogP) is 4.47. The first-order valence-corrected chi connectivity index (χ1v) is 9.79. The molecule has 1 amide bonds. The number of methoxy groups -OCH3 is 2. The molecule has 1 heterocycles. The molecule has 1 aliphatic rings.